The molecule has 2 aromatic carbocycles. The van der Waals surface area contributed by atoms with Crippen LogP contribution in [0.4, 0.5) is 0 Å². The zero-order chi connectivity index (χ0) is 23.2. The Balaban J connectivity index is 1.85. The third kappa shape index (κ3) is 3.76. The smallest absolute Gasteiger partial charge is 0.340 e. The van der Waals surface area contributed by atoms with Crippen LogP contribution in [-0.2, 0) is 16.0 Å². The van der Waals surface area contributed by atoms with E-state index < -0.39 is 23.5 Å². The Hall–Kier alpha value is -3.58. The highest BCUT2D eigenvalue weighted by molar-refractivity contribution is 6.30. The number of furan rings is 1. The van der Waals surface area contributed by atoms with Crippen LogP contribution in [0.25, 0.3) is 33.1 Å². The molecule has 0 aliphatic heterocycles. The molecule has 32 heavy (non-hydrogen) atoms. The van der Waals surface area contributed by atoms with Gasteiger partial charge in [0, 0.05) is 26.9 Å². The Labute approximate surface area is 187 Å². The van der Waals surface area contributed by atoms with Gasteiger partial charge in [0.05, 0.1) is 30.3 Å². The number of fused-ring (bicyclic) bond motifs is 2. The predicted octanol–water partition coefficient (Wildman–Crippen LogP) is 3.27. The number of hydrogen-bond acceptors (Lipinski definition) is 6. The van der Waals surface area contributed by atoms with Crippen LogP contribution < -0.4 is 16.0 Å². The van der Waals surface area contributed by atoms with E-state index in [1.165, 1.54) is 6.92 Å². The third-order valence-electron chi connectivity index (χ3n) is 5.57. The van der Waals surface area contributed by atoms with E-state index in [0.717, 1.165) is 16.5 Å². The van der Waals surface area contributed by atoms with Gasteiger partial charge in [0.2, 0.25) is 5.91 Å². The molecule has 0 aliphatic rings. The van der Waals surface area contributed by atoms with Crippen LogP contribution >= 0.6 is 11.6 Å². The molecule has 0 saturated heterocycles. The topological polar surface area (TPSA) is 113 Å². The Morgan fingerprint density at radius 2 is 1.78 bits per heavy atom. The van der Waals surface area contributed by atoms with Gasteiger partial charge in [0.1, 0.15) is 11.2 Å². The van der Waals surface area contributed by atoms with Crippen molar-refractivity contribution >= 4 is 45.4 Å². The molecule has 0 unspecified atom stereocenters. The molecule has 1 atom stereocenters. The molecule has 164 valence electrons. The number of rotatable bonds is 5. The van der Waals surface area contributed by atoms with Crippen molar-refractivity contribution in [3.63, 3.8) is 0 Å². The van der Waals surface area contributed by atoms with Gasteiger partial charge in [-0.15, -0.1) is 0 Å². The number of benzene rings is 2. The van der Waals surface area contributed by atoms with Crippen LogP contribution in [0.2, 0.25) is 5.02 Å². The molecular weight excluding hydrogens is 434 g/mol. The maximum atomic E-state index is 12.6. The lowest BCUT2D eigenvalue weighted by Gasteiger charge is -2.15. The quantitative estimate of drug-likeness (QED) is 0.465. The van der Waals surface area contributed by atoms with Crippen LogP contribution in [0, 0.1) is 13.8 Å². The fourth-order valence-electron chi connectivity index (χ4n) is 3.77. The first-order chi connectivity index (χ1) is 15.2. The number of carboxylic acid groups (broad SMARTS) is 1. The Morgan fingerprint density at radius 1 is 1.09 bits per heavy atom. The molecule has 0 bridgehead atoms. The highest BCUT2D eigenvalue weighted by atomic mass is 35.5. The Bertz CT molecular complexity index is 1430. The molecule has 2 aromatic heterocycles. The summed E-state index contributed by atoms with van der Waals surface area (Å²) in [6, 6.07) is 8.05. The van der Waals surface area contributed by atoms with Crippen LogP contribution in [0.15, 0.2) is 50.2 Å². The van der Waals surface area contributed by atoms with Gasteiger partial charge < -0.3 is 24.1 Å². The lowest BCUT2D eigenvalue weighted by Crippen LogP contribution is -2.46. The second-order valence-electron chi connectivity index (χ2n) is 7.69. The molecule has 7 nitrogen and oxygen atoms in total. The largest absolute Gasteiger partial charge is 0.548 e. The summed E-state index contributed by atoms with van der Waals surface area (Å²) in [6.45, 7) is 4.83. The minimum Gasteiger partial charge on any atom is -0.548 e. The standard InChI is InChI=1S/C24H20ClNO6/c1-11-16-8-18-19(14-4-6-15(25)7-5-14)10-31-21(18)12(2)22(16)32-24(30)17(11)9-20(27)26-13(3)23(28)29/h4-8,10,13H,9H2,1-3H3,(H,26,27)(H,28,29)/p-1/t13-/m0/s1. The summed E-state index contributed by atoms with van der Waals surface area (Å²) >= 11 is 6.00. The van der Waals surface area contributed by atoms with Crippen LogP contribution in [0.1, 0.15) is 23.6 Å². The minimum absolute atomic E-state index is 0.163. The zero-order valence-electron chi connectivity index (χ0n) is 17.6. The fourth-order valence-corrected chi connectivity index (χ4v) is 3.89. The Kier molecular flexibility index (Phi) is 5.52. The normalized spacial score (nSPS) is 12.2. The van der Waals surface area contributed by atoms with Crippen molar-refractivity contribution in [3.8, 4) is 11.1 Å². The van der Waals surface area contributed by atoms with Crippen LogP contribution in [0.5, 0.6) is 0 Å². The SMILES string of the molecule is Cc1c(CC(=O)N[C@@H](C)C(=O)[O-])c(=O)oc2c(C)c3occ(-c4ccc(Cl)cc4)c3cc12. The number of carboxylic acids is 1. The number of carbonyl (C=O) groups is 2. The molecule has 4 aromatic rings. The minimum atomic E-state index is -1.41. The van der Waals surface area contributed by atoms with Crippen molar-refractivity contribution in [1.29, 1.82) is 0 Å². The van der Waals surface area contributed by atoms with Crippen molar-refractivity contribution in [3.05, 3.63) is 68.7 Å². The van der Waals surface area contributed by atoms with E-state index in [1.54, 1.807) is 32.2 Å². The van der Waals surface area contributed by atoms with Crippen LogP contribution in [-0.4, -0.2) is 17.9 Å². The number of aliphatic carboxylic acids is 1. The van der Waals surface area contributed by atoms with E-state index in [9.17, 15) is 19.5 Å². The van der Waals surface area contributed by atoms with Gasteiger partial charge in [-0.1, -0.05) is 23.7 Å². The number of nitrogens with one attached hydrogen (secondary N) is 1. The number of aryl methyl sites for hydroxylation is 2. The summed E-state index contributed by atoms with van der Waals surface area (Å²) < 4.78 is 11.3. The molecule has 0 saturated carbocycles. The van der Waals surface area contributed by atoms with Crippen molar-refractivity contribution in [2.75, 3.05) is 0 Å². The van der Waals surface area contributed by atoms with Gasteiger partial charge in [-0.25, -0.2) is 4.79 Å². The third-order valence-corrected chi connectivity index (χ3v) is 5.82. The molecule has 8 heteroatoms. The number of hydrogen-bond donors (Lipinski definition) is 1. The van der Waals surface area contributed by atoms with E-state index in [4.69, 9.17) is 20.4 Å². The van der Waals surface area contributed by atoms with Crippen molar-refractivity contribution in [1.82, 2.24) is 5.32 Å². The summed E-state index contributed by atoms with van der Waals surface area (Å²) in [5, 5.41) is 15.3. The number of amides is 1. The van der Waals surface area contributed by atoms with E-state index in [-0.39, 0.29) is 12.0 Å². The first kappa shape index (κ1) is 21.6. The van der Waals surface area contributed by atoms with Crippen molar-refractivity contribution in [2.45, 2.75) is 33.2 Å². The second kappa shape index (κ2) is 8.16. The molecular formula is C24H19ClNO6-. The predicted molar refractivity (Wildman–Crippen MR) is 118 cm³/mol. The maximum Gasteiger partial charge on any atom is 0.340 e. The summed E-state index contributed by atoms with van der Waals surface area (Å²) in [7, 11) is 0. The van der Waals surface area contributed by atoms with Gasteiger partial charge in [0.25, 0.3) is 0 Å². The lowest BCUT2D eigenvalue weighted by molar-refractivity contribution is -0.307. The first-order valence-corrected chi connectivity index (χ1v) is 10.3. The Morgan fingerprint density at radius 3 is 2.44 bits per heavy atom. The molecule has 1 amide bonds. The maximum absolute atomic E-state index is 12.6. The van der Waals surface area contributed by atoms with E-state index >= 15 is 0 Å². The van der Waals surface area contributed by atoms with Crippen molar-refractivity contribution < 1.29 is 23.5 Å². The van der Waals surface area contributed by atoms with Crippen molar-refractivity contribution in [2.24, 2.45) is 0 Å². The van der Waals surface area contributed by atoms with Gasteiger partial charge >= 0.3 is 5.63 Å². The molecule has 0 aliphatic carbocycles. The average molecular weight is 453 g/mol. The summed E-state index contributed by atoms with van der Waals surface area (Å²) in [5.74, 6) is -2.02. The van der Waals surface area contributed by atoms with Gasteiger partial charge in [-0.3, -0.25) is 4.79 Å². The molecule has 2 heterocycles. The lowest BCUT2D eigenvalue weighted by atomic mass is 9.97. The first-order valence-electron chi connectivity index (χ1n) is 9.90. The molecule has 1 N–H and O–H groups in total. The van der Waals surface area contributed by atoms with E-state index in [1.807, 2.05) is 18.2 Å². The summed E-state index contributed by atoms with van der Waals surface area (Å²) in [6.07, 6.45) is 1.33. The highest BCUT2D eigenvalue weighted by Crippen LogP contribution is 2.37. The van der Waals surface area contributed by atoms with E-state index in [0.29, 0.717) is 32.7 Å². The number of halogens is 1. The van der Waals surface area contributed by atoms with Gasteiger partial charge in [0.15, 0.2) is 0 Å². The monoisotopic (exact) mass is 452 g/mol. The van der Waals surface area contributed by atoms with E-state index in [2.05, 4.69) is 5.32 Å². The number of carbonyl (C=O) groups excluding carboxylic acids is 2. The molecule has 0 radical (unpaired) electrons. The molecule has 0 spiro atoms. The van der Waals surface area contributed by atoms with Gasteiger partial charge in [-0.2, -0.15) is 0 Å². The van der Waals surface area contributed by atoms with Gasteiger partial charge in [-0.05, 0) is 50.1 Å². The average Bonchev–Trinajstić information content (AvgIpc) is 3.17. The fraction of sp³-hybridized carbons (Fsp3) is 0.208. The van der Waals surface area contributed by atoms with Crippen LogP contribution in [0.3, 0.4) is 0 Å². The molecule has 4 rings (SSSR count). The summed E-state index contributed by atoms with van der Waals surface area (Å²) in [5.41, 5.74) is 3.50. The summed E-state index contributed by atoms with van der Waals surface area (Å²) in [4.78, 5) is 35.8. The highest BCUT2D eigenvalue weighted by Gasteiger charge is 2.21. The second-order valence-corrected chi connectivity index (χ2v) is 8.13. The molecule has 0 fully saturated rings. The zero-order valence-corrected chi connectivity index (χ0v) is 18.3.